The van der Waals surface area contributed by atoms with E-state index in [1.165, 1.54) is 11.8 Å². The van der Waals surface area contributed by atoms with Gasteiger partial charge in [-0.1, -0.05) is 29.8 Å². The number of aliphatic hydroxyl groups is 1. The van der Waals surface area contributed by atoms with Crippen molar-refractivity contribution in [3.63, 3.8) is 0 Å². The summed E-state index contributed by atoms with van der Waals surface area (Å²) in [6.07, 6.45) is -1.01. The lowest BCUT2D eigenvalue weighted by molar-refractivity contribution is -0.138. The number of carboxylic acid groups (broad SMARTS) is 1. The third kappa shape index (κ3) is 4.88. The molecule has 0 amide bonds. The van der Waals surface area contributed by atoms with Gasteiger partial charge in [-0.3, -0.25) is 4.79 Å². The number of aliphatic hydroxyl groups excluding tert-OH is 1. The minimum atomic E-state index is -0.981. The molecule has 1 unspecified atom stereocenters. The lowest BCUT2D eigenvalue weighted by atomic mass is 10.2. The molecular weight excluding hydrogens is 248 g/mol. The van der Waals surface area contributed by atoms with Gasteiger partial charge in [-0.25, -0.2) is 0 Å². The Morgan fingerprint density at radius 3 is 2.75 bits per heavy atom. The van der Waals surface area contributed by atoms with Crippen molar-refractivity contribution < 1.29 is 15.0 Å². The minimum absolute atomic E-state index is 0.213. The largest absolute Gasteiger partial charge is 0.481 e. The van der Waals surface area contributed by atoms with Gasteiger partial charge >= 0.3 is 5.97 Å². The molecule has 1 atom stereocenters. The van der Waals surface area contributed by atoms with Gasteiger partial charge in [-0.05, 0) is 11.6 Å². The fraction of sp³-hybridized carbons (Fsp3) is 0.364. The Bertz CT molecular complexity index is 357. The SMILES string of the molecule is O=C(O)CC(O)CSCc1ccccc1Cl. The first-order chi connectivity index (χ1) is 7.59. The quantitative estimate of drug-likeness (QED) is 0.825. The minimum Gasteiger partial charge on any atom is -0.481 e. The Morgan fingerprint density at radius 2 is 2.12 bits per heavy atom. The van der Waals surface area contributed by atoms with E-state index in [0.29, 0.717) is 16.5 Å². The second-order valence-electron chi connectivity index (χ2n) is 3.36. The fourth-order valence-corrected chi connectivity index (χ4v) is 2.44. The van der Waals surface area contributed by atoms with Crippen LogP contribution in [0.4, 0.5) is 0 Å². The summed E-state index contributed by atoms with van der Waals surface area (Å²) in [5.74, 6) is 0.0966. The molecule has 0 aliphatic heterocycles. The van der Waals surface area contributed by atoms with Crippen molar-refractivity contribution in [1.82, 2.24) is 0 Å². The molecule has 88 valence electrons. The van der Waals surface area contributed by atoms with Gasteiger partial charge in [0.2, 0.25) is 0 Å². The molecule has 0 heterocycles. The molecule has 1 rings (SSSR count). The van der Waals surface area contributed by atoms with Crippen molar-refractivity contribution in [1.29, 1.82) is 0 Å². The Hall–Kier alpha value is -0.710. The van der Waals surface area contributed by atoms with E-state index in [-0.39, 0.29) is 6.42 Å². The molecule has 0 aliphatic carbocycles. The molecule has 2 N–H and O–H groups in total. The van der Waals surface area contributed by atoms with E-state index >= 15 is 0 Å². The number of thioether (sulfide) groups is 1. The zero-order valence-electron chi connectivity index (χ0n) is 8.60. The second-order valence-corrected chi connectivity index (χ2v) is 4.80. The number of halogens is 1. The lowest BCUT2D eigenvalue weighted by Crippen LogP contribution is -2.15. The van der Waals surface area contributed by atoms with E-state index in [1.54, 1.807) is 0 Å². The van der Waals surface area contributed by atoms with E-state index < -0.39 is 12.1 Å². The van der Waals surface area contributed by atoms with E-state index in [4.69, 9.17) is 16.7 Å². The number of benzene rings is 1. The molecule has 1 aromatic carbocycles. The summed E-state index contributed by atoms with van der Waals surface area (Å²) < 4.78 is 0. The van der Waals surface area contributed by atoms with E-state index in [1.807, 2.05) is 24.3 Å². The standard InChI is InChI=1S/C11H13ClO3S/c12-10-4-2-1-3-8(10)6-16-7-9(13)5-11(14)15/h1-4,9,13H,5-7H2,(H,14,15). The molecule has 16 heavy (non-hydrogen) atoms. The normalized spacial score (nSPS) is 12.4. The van der Waals surface area contributed by atoms with Crippen LogP contribution in [0.2, 0.25) is 5.02 Å². The highest BCUT2D eigenvalue weighted by Crippen LogP contribution is 2.21. The molecule has 0 radical (unpaired) electrons. The van der Waals surface area contributed by atoms with Gasteiger partial charge < -0.3 is 10.2 Å². The number of rotatable bonds is 6. The van der Waals surface area contributed by atoms with Gasteiger partial charge in [-0.15, -0.1) is 0 Å². The Labute approximate surface area is 103 Å². The third-order valence-corrected chi connectivity index (χ3v) is 3.44. The van der Waals surface area contributed by atoms with E-state index in [2.05, 4.69) is 0 Å². The van der Waals surface area contributed by atoms with Crippen molar-refractivity contribution in [3.8, 4) is 0 Å². The first kappa shape index (κ1) is 13.4. The van der Waals surface area contributed by atoms with Crippen LogP contribution in [-0.2, 0) is 10.5 Å². The van der Waals surface area contributed by atoms with Gasteiger partial charge in [0, 0.05) is 16.5 Å². The molecule has 1 aromatic rings. The summed E-state index contributed by atoms with van der Waals surface area (Å²) in [6.45, 7) is 0. The highest BCUT2D eigenvalue weighted by atomic mass is 35.5. The van der Waals surface area contributed by atoms with Gasteiger partial charge in [-0.2, -0.15) is 11.8 Å². The Kier molecular flexibility index (Phi) is 5.66. The first-order valence-electron chi connectivity index (χ1n) is 4.80. The van der Waals surface area contributed by atoms with Gasteiger partial charge in [0.25, 0.3) is 0 Å². The van der Waals surface area contributed by atoms with Gasteiger partial charge in [0.1, 0.15) is 0 Å². The molecular formula is C11H13ClO3S. The number of carboxylic acids is 1. The molecule has 0 saturated heterocycles. The van der Waals surface area contributed by atoms with Crippen LogP contribution in [-0.4, -0.2) is 28.0 Å². The first-order valence-corrected chi connectivity index (χ1v) is 6.34. The van der Waals surface area contributed by atoms with Crippen LogP contribution in [0.5, 0.6) is 0 Å². The van der Waals surface area contributed by atoms with Crippen LogP contribution < -0.4 is 0 Å². The molecule has 0 bridgehead atoms. The van der Waals surface area contributed by atoms with Crippen molar-refractivity contribution in [2.45, 2.75) is 18.3 Å². The van der Waals surface area contributed by atoms with E-state index in [0.717, 1.165) is 5.56 Å². The highest BCUT2D eigenvalue weighted by Gasteiger charge is 2.09. The summed E-state index contributed by atoms with van der Waals surface area (Å²) in [5.41, 5.74) is 0.997. The molecule has 0 fully saturated rings. The van der Waals surface area contributed by atoms with E-state index in [9.17, 15) is 9.90 Å². The molecule has 0 aliphatic rings. The summed E-state index contributed by atoms with van der Waals surface area (Å²) in [5, 5.41) is 18.5. The van der Waals surface area contributed by atoms with Crippen molar-refractivity contribution in [3.05, 3.63) is 34.9 Å². The maximum atomic E-state index is 10.3. The zero-order chi connectivity index (χ0) is 12.0. The molecule has 0 aromatic heterocycles. The molecule has 0 spiro atoms. The highest BCUT2D eigenvalue weighted by molar-refractivity contribution is 7.98. The van der Waals surface area contributed by atoms with Crippen LogP contribution in [0.1, 0.15) is 12.0 Å². The number of aliphatic carboxylic acids is 1. The Morgan fingerprint density at radius 1 is 1.44 bits per heavy atom. The smallest absolute Gasteiger partial charge is 0.306 e. The van der Waals surface area contributed by atoms with Gasteiger partial charge in [0.05, 0.1) is 12.5 Å². The van der Waals surface area contributed by atoms with Crippen molar-refractivity contribution >= 4 is 29.3 Å². The molecule has 5 heteroatoms. The number of hydrogen-bond donors (Lipinski definition) is 2. The van der Waals surface area contributed by atoms with Crippen LogP contribution in [0.3, 0.4) is 0 Å². The summed E-state index contributed by atoms with van der Waals surface area (Å²) >= 11 is 7.43. The summed E-state index contributed by atoms with van der Waals surface area (Å²) in [6, 6.07) is 7.48. The molecule has 3 nitrogen and oxygen atoms in total. The van der Waals surface area contributed by atoms with Crippen molar-refractivity contribution in [2.75, 3.05) is 5.75 Å². The summed E-state index contributed by atoms with van der Waals surface area (Å²) in [7, 11) is 0. The van der Waals surface area contributed by atoms with Crippen LogP contribution in [0.15, 0.2) is 24.3 Å². The maximum Gasteiger partial charge on any atom is 0.306 e. The topological polar surface area (TPSA) is 57.5 Å². The monoisotopic (exact) mass is 260 g/mol. The molecule has 0 saturated carbocycles. The average molecular weight is 261 g/mol. The summed E-state index contributed by atoms with van der Waals surface area (Å²) in [4.78, 5) is 10.3. The average Bonchev–Trinajstić information content (AvgIpc) is 2.19. The lowest BCUT2D eigenvalue weighted by Gasteiger charge is -2.08. The fourth-order valence-electron chi connectivity index (χ4n) is 1.18. The number of carbonyl (C=O) groups is 1. The predicted molar refractivity (Wildman–Crippen MR) is 65.9 cm³/mol. The van der Waals surface area contributed by atoms with Crippen LogP contribution in [0, 0.1) is 0 Å². The van der Waals surface area contributed by atoms with Gasteiger partial charge in [0.15, 0.2) is 0 Å². The maximum absolute atomic E-state index is 10.3. The Balaban J connectivity index is 2.30. The third-order valence-electron chi connectivity index (χ3n) is 1.94. The second kappa shape index (κ2) is 6.78. The van der Waals surface area contributed by atoms with Crippen molar-refractivity contribution in [2.24, 2.45) is 0 Å². The zero-order valence-corrected chi connectivity index (χ0v) is 10.2. The number of hydrogen-bond acceptors (Lipinski definition) is 3. The predicted octanol–water partition coefficient (Wildman–Crippen LogP) is 2.41. The van der Waals surface area contributed by atoms with Crippen LogP contribution >= 0.6 is 23.4 Å². The van der Waals surface area contributed by atoms with Crippen LogP contribution in [0.25, 0.3) is 0 Å².